The van der Waals surface area contributed by atoms with E-state index in [1.54, 1.807) is 0 Å². The molecule has 0 unspecified atom stereocenters. The van der Waals surface area contributed by atoms with Crippen molar-refractivity contribution in [3.8, 4) is 11.6 Å². The Labute approximate surface area is 156 Å². The smallest absolute Gasteiger partial charge is 0.260 e. The standard InChI is InChI=1S/C20H19N3O2S/c1-12-6-2-5-9-15(12)23-19(25)16(18(24)22-20(23)26)17-14-8-4-3-7-13(14)10-11-21-17/h2-9,17,21,25H,10-11H2,1H3,(H,22,24,26)/t17-/m1/s1. The molecule has 0 bridgehead atoms. The summed E-state index contributed by atoms with van der Waals surface area (Å²) in [7, 11) is 0. The lowest BCUT2D eigenvalue weighted by atomic mass is 9.90. The summed E-state index contributed by atoms with van der Waals surface area (Å²) >= 11 is 5.33. The Bertz CT molecular complexity index is 1100. The number of aromatic hydroxyl groups is 1. The average Bonchev–Trinajstić information content (AvgIpc) is 2.63. The molecule has 1 aliphatic heterocycles. The van der Waals surface area contributed by atoms with Crippen LogP contribution < -0.4 is 10.9 Å². The fourth-order valence-corrected chi connectivity index (χ4v) is 3.88. The monoisotopic (exact) mass is 365 g/mol. The van der Waals surface area contributed by atoms with E-state index in [0.717, 1.165) is 29.8 Å². The number of rotatable bonds is 2. The van der Waals surface area contributed by atoms with Crippen LogP contribution in [0.4, 0.5) is 0 Å². The molecule has 26 heavy (non-hydrogen) atoms. The molecule has 3 N–H and O–H groups in total. The molecule has 0 aliphatic carbocycles. The number of aryl methyl sites for hydroxylation is 1. The topological polar surface area (TPSA) is 70.0 Å². The lowest BCUT2D eigenvalue weighted by molar-refractivity contribution is 0.412. The van der Waals surface area contributed by atoms with Crippen LogP contribution in [0.15, 0.2) is 53.3 Å². The second kappa shape index (κ2) is 6.55. The second-order valence-corrected chi connectivity index (χ2v) is 6.84. The Hall–Kier alpha value is -2.70. The van der Waals surface area contributed by atoms with Crippen molar-refractivity contribution in [3.05, 3.63) is 85.9 Å². The lowest BCUT2D eigenvalue weighted by Crippen LogP contribution is -2.35. The van der Waals surface area contributed by atoms with Gasteiger partial charge in [0, 0.05) is 6.54 Å². The molecule has 2 heterocycles. The number of benzene rings is 2. The Balaban J connectivity index is 1.98. The third-order valence-corrected chi connectivity index (χ3v) is 5.16. The van der Waals surface area contributed by atoms with Crippen molar-refractivity contribution in [1.29, 1.82) is 0 Å². The van der Waals surface area contributed by atoms with Crippen molar-refractivity contribution in [2.45, 2.75) is 19.4 Å². The van der Waals surface area contributed by atoms with Crippen LogP contribution in [-0.2, 0) is 6.42 Å². The maximum absolute atomic E-state index is 12.7. The van der Waals surface area contributed by atoms with Gasteiger partial charge < -0.3 is 10.4 Å². The van der Waals surface area contributed by atoms with E-state index < -0.39 is 0 Å². The van der Waals surface area contributed by atoms with Crippen LogP contribution in [0.5, 0.6) is 5.88 Å². The van der Waals surface area contributed by atoms with Gasteiger partial charge in [-0.05, 0) is 48.3 Å². The fourth-order valence-electron chi connectivity index (χ4n) is 3.60. The zero-order valence-electron chi connectivity index (χ0n) is 14.3. The molecular weight excluding hydrogens is 346 g/mol. The van der Waals surface area contributed by atoms with Gasteiger partial charge in [0.1, 0.15) is 0 Å². The fraction of sp³-hybridized carbons (Fsp3) is 0.200. The summed E-state index contributed by atoms with van der Waals surface area (Å²) in [6.45, 7) is 2.68. The van der Waals surface area contributed by atoms with E-state index in [-0.39, 0.29) is 27.8 Å². The molecule has 3 aromatic rings. The van der Waals surface area contributed by atoms with Crippen LogP contribution in [0.3, 0.4) is 0 Å². The molecular formula is C20H19N3O2S. The second-order valence-electron chi connectivity index (χ2n) is 6.45. The summed E-state index contributed by atoms with van der Waals surface area (Å²) in [4.78, 5) is 15.4. The average molecular weight is 365 g/mol. The van der Waals surface area contributed by atoms with Crippen molar-refractivity contribution in [2.24, 2.45) is 0 Å². The zero-order valence-corrected chi connectivity index (χ0v) is 15.1. The van der Waals surface area contributed by atoms with E-state index >= 15 is 0 Å². The molecule has 5 nitrogen and oxygen atoms in total. The molecule has 0 saturated heterocycles. The molecule has 4 rings (SSSR count). The van der Waals surface area contributed by atoms with E-state index in [0.29, 0.717) is 0 Å². The van der Waals surface area contributed by atoms with Gasteiger partial charge in [0.05, 0.1) is 17.3 Å². The number of aromatic nitrogens is 2. The molecule has 0 saturated carbocycles. The first-order valence-electron chi connectivity index (χ1n) is 8.53. The Kier molecular flexibility index (Phi) is 4.22. The summed E-state index contributed by atoms with van der Waals surface area (Å²) in [5.74, 6) is -0.123. The molecule has 0 amide bonds. The first-order valence-corrected chi connectivity index (χ1v) is 8.94. The van der Waals surface area contributed by atoms with Gasteiger partial charge in [0.25, 0.3) is 5.56 Å². The van der Waals surface area contributed by atoms with E-state index in [1.807, 2.05) is 49.4 Å². The molecule has 0 radical (unpaired) electrons. The lowest BCUT2D eigenvalue weighted by Gasteiger charge is -2.28. The number of hydrogen-bond acceptors (Lipinski definition) is 4. The van der Waals surface area contributed by atoms with E-state index in [4.69, 9.17) is 12.2 Å². The highest BCUT2D eigenvalue weighted by Crippen LogP contribution is 2.32. The Morgan fingerprint density at radius 1 is 1.15 bits per heavy atom. The molecule has 0 spiro atoms. The van der Waals surface area contributed by atoms with Gasteiger partial charge in [-0.3, -0.25) is 14.3 Å². The number of aromatic amines is 1. The van der Waals surface area contributed by atoms with Gasteiger partial charge >= 0.3 is 0 Å². The maximum atomic E-state index is 12.7. The van der Waals surface area contributed by atoms with Gasteiger partial charge in [0.15, 0.2) is 4.77 Å². The van der Waals surface area contributed by atoms with Crippen molar-refractivity contribution in [2.75, 3.05) is 6.54 Å². The van der Waals surface area contributed by atoms with Gasteiger partial charge in [-0.15, -0.1) is 0 Å². The van der Waals surface area contributed by atoms with Gasteiger partial charge in [0.2, 0.25) is 5.88 Å². The maximum Gasteiger partial charge on any atom is 0.260 e. The van der Waals surface area contributed by atoms with Crippen LogP contribution in [0.25, 0.3) is 5.69 Å². The van der Waals surface area contributed by atoms with Crippen molar-refractivity contribution >= 4 is 12.2 Å². The molecule has 132 valence electrons. The minimum Gasteiger partial charge on any atom is -0.494 e. The first-order chi connectivity index (χ1) is 12.6. The number of nitrogens with one attached hydrogen (secondary N) is 2. The highest BCUT2D eigenvalue weighted by molar-refractivity contribution is 7.71. The minimum atomic E-state index is -0.380. The predicted octanol–water partition coefficient (Wildman–Crippen LogP) is 3.14. The van der Waals surface area contributed by atoms with E-state index in [9.17, 15) is 9.90 Å². The van der Waals surface area contributed by atoms with Crippen LogP contribution in [0.2, 0.25) is 0 Å². The van der Waals surface area contributed by atoms with E-state index in [2.05, 4.69) is 16.4 Å². The molecule has 0 fully saturated rings. The molecule has 2 aromatic carbocycles. The molecule has 1 atom stereocenters. The first kappa shape index (κ1) is 16.8. The summed E-state index contributed by atoms with van der Waals surface area (Å²) in [5, 5.41) is 14.4. The number of fused-ring (bicyclic) bond motifs is 1. The summed E-state index contributed by atoms with van der Waals surface area (Å²) in [5.41, 5.74) is 3.80. The largest absolute Gasteiger partial charge is 0.494 e. The highest BCUT2D eigenvalue weighted by Gasteiger charge is 2.28. The minimum absolute atomic E-state index is 0.123. The molecule has 1 aliphatic rings. The van der Waals surface area contributed by atoms with Crippen LogP contribution in [-0.4, -0.2) is 21.2 Å². The number of H-pyrrole nitrogens is 1. The number of para-hydroxylation sites is 1. The third kappa shape index (κ3) is 2.67. The van der Waals surface area contributed by atoms with Crippen LogP contribution in [0.1, 0.15) is 28.3 Å². The number of nitrogens with zero attached hydrogens (tertiary/aromatic N) is 1. The van der Waals surface area contributed by atoms with Crippen molar-refractivity contribution < 1.29 is 5.11 Å². The quantitative estimate of drug-likeness (QED) is 0.610. The van der Waals surface area contributed by atoms with Crippen LogP contribution >= 0.6 is 12.2 Å². The number of hydrogen-bond donors (Lipinski definition) is 3. The van der Waals surface area contributed by atoms with Gasteiger partial charge in [-0.2, -0.15) is 0 Å². The predicted molar refractivity (Wildman–Crippen MR) is 104 cm³/mol. The van der Waals surface area contributed by atoms with Crippen LogP contribution in [0, 0.1) is 11.7 Å². The SMILES string of the molecule is Cc1ccccc1-n1c(O)c([C@@H]2NCCc3ccccc32)c(=O)[nH]c1=S. The van der Waals surface area contributed by atoms with Crippen molar-refractivity contribution in [3.63, 3.8) is 0 Å². The van der Waals surface area contributed by atoms with Crippen molar-refractivity contribution in [1.82, 2.24) is 14.9 Å². The summed E-state index contributed by atoms with van der Waals surface area (Å²) < 4.78 is 1.70. The molecule has 1 aromatic heterocycles. The van der Waals surface area contributed by atoms with Gasteiger partial charge in [-0.1, -0.05) is 42.5 Å². The highest BCUT2D eigenvalue weighted by atomic mass is 32.1. The summed E-state index contributed by atoms with van der Waals surface area (Å²) in [6, 6.07) is 15.2. The Morgan fingerprint density at radius 3 is 2.69 bits per heavy atom. The molecule has 6 heteroatoms. The van der Waals surface area contributed by atoms with Gasteiger partial charge in [-0.25, -0.2) is 0 Å². The van der Waals surface area contributed by atoms with E-state index in [1.165, 1.54) is 10.1 Å². The normalized spacial score (nSPS) is 16.3. The third-order valence-electron chi connectivity index (χ3n) is 4.87. The Morgan fingerprint density at radius 2 is 1.88 bits per heavy atom. The zero-order chi connectivity index (χ0) is 18.3. The summed E-state index contributed by atoms with van der Waals surface area (Å²) in [6.07, 6.45) is 0.891.